The van der Waals surface area contributed by atoms with E-state index in [-0.39, 0.29) is 0 Å². The highest BCUT2D eigenvalue weighted by molar-refractivity contribution is 6.30. The highest BCUT2D eigenvalue weighted by atomic mass is 35.5. The smallest absolute Gasteiger partial charge is 0.408 e. The van der Waals surface area contributed by atoms with E-state index in [0.717, 1.165) is 0 Å². The van der Waals surface area contributed by atoms with E-state index in [4.69, 9.17) is 16.3 Å². The molecular weight excluding hydrogens is 270 g/mol. The molecule has 6 heteroatoms. The van der Waals surface area contributed by atoms with Crippen LogP contribution in [0.2, 0.25) is 5.02 Å². The molecule has 1 atom stereocenters. The zero-order chi connectivity index (χ0) is 14.6. The molecule has 1 aromatic rings. The number of hydrogen-bond donors (Lipinski definition) is 1. The number of carboxylic acid groups (broad SMARTS) is 1. The van der Waals surface area contributed by atoms with Crippen LogP contribution in [0.15, 0.2) is 24.3 Å². The Morgan fingerprint density at radius 1 is 1.37 bits per heavy atom. The fourth-order valence-electron chi connectivity index (χ4n) is 1.39. The molecule has 0 aliphatic heterocycles. The molecule has 0 unspecified atom stereocenters. The quantitative estimate of drug-likeness (QED) is 0.915. The number of carbonyl (C=O) groups excluding carboxylic acids is 2. The van der Waals surface area contributed by atoms with Gasteiger partial charge in [0.1, 0.15) is 5.60 Å². The van der Waals surface area contributed by atoms with Gasteiger partial charge in [0, 0.05) is 5.02 Å². The molecule has 0 aliphatic carbocycles. The van der Waals surface area contributed by atoms with Crippen LogP contribution in [0, 0.1) is 0 Å². The first kappa shape index (κ1) is 15.3. The number of carbonyl (C=O) groups is 2. The van der Waals surface area contributed by atoms with E-state index in [1.165, 1.54) is 12.1 Å². The second kappa shape index (κ2) is 5.93. The van der Waals surface area contributed by atoms with Crippen LogP contribution in [0.5, 0.6) is 0 Å². The van der Waals surface area contributed by atoms with Crippen molar-refractivity contribution in [3.63, 3.8) is 0 Å². The zero-order valence-corrected chi connectivity index (χ0v) is 11.7. The second-order valence-corrected chi connectivity index (χ2v) is 5.39. The van der Waals surface area contributed by atoms with E-state index in [1.54, 1.807) is 32.9 Å². The molecule has 1 N–H and O–H groups in total. The SMILES string of the molecule is CC(C)(C)OC(=O)N[C@H](C(=O)[O-])c1cccc(Cl)c1. The minimum atomic E-state index is -1.44. The van der Waals surface area contributed by atoms with Crippen LogP contribution >= 0.6 is 11.6 Å². The van der Waals surface area contributed by atoms with Crippen LogP contribution in [0.3, 0.4) is 0 Å². The van der Waals surface area contributed by atoms with Crippen LogP contribution in [0.25, 0.3) is 0 Å². The predicted octanol–water partition coefficient (Wildman–Crippen LogP) is 1.66. The van der Waals surface area contributed by atoms with E-state index in [9.17, 15) is 14.7 Å². The summed E-state index contributed by atoms with van der Waals surface area (Å²) in [5.74, 6) is -1.44. The van der Waals surface area contributed by atoms with Crippen molar-refractivity contribution in [3.8, 4) is 0 Å². The average molecular weight is 285 g/mol. The standard InChI is InChI=1S/C13H16ClNO4/c1-13(2,3)19-12(18)15-10(11(16)17)8-5-4-6-9(14)7-8/h4-7,10H,1-3H3,(H,15,18)(H,16,17)/p-1/t10-/m0/s1. The second-order valence-electron chi connectivity index (χ2n) is 4.95. The molecule has 0 radical (unpaired) electrons. The summed E-state index contributed by atoms with van der Waals surface area (Å²) in [4.78, 5) is 22.7. The Hall–Kier alpha value is -1.75. The molecule has 0 bridgehead atoms. The van der Waals surface area contributed by atoms with E-state index in [2.05, 4.69) is 5.32 Å². The van der Waals surface area contributed by atoms with Crippen molar-refractivity contribution < 1.29 is 19.4 Å². The van der Waals surface area contributed by atoms with Gasteiger partial charge in [0.15, 0.2) is 0 Å². The normalized spacial score (nSPS) is 12.6. The Kier molecular flexibility index (Phi) is 4.78. The zero-order valence-electron chi connectivity index (χ0n) is 10.9. The van der Waals surface area contributed by atoms with Crippen molar-refractivity contribution in [2.24, 2.45) is 0 Å². The van der Waals surface area contributed by atoms with Gasteiger partial charge in [0.05, 0.1) is 12.0 Å². The third-order valence-electron chi connectivity index (χ3n) is 2.08. The number of benzene rings is 1. The maximum Gasteiger partial charge on any atom is 0.408 e. The summed E-state index contributed by atoms with van der Waals surface area (Å²) in [5, 5.41) is 13.7. The largest absolute Gasteiger partial charge is 0.548 e. The molecule has 0 fully saturated rings. The lowest BCUT2D eigenvalue weighted by Crippen LogP contribution is -2.43. The van der Waals surface area contributed by atoms with E-state index in [1.807, 2.05) is 0 Å². The van der Waals surface area contributed by atoms with Gasteiger partial charge in [0.2, 0.25) is 0 Å². The van der Waals surface area contributed by atoms with Gasteiger partial charge < -0.3 is 20.0 Å². The first-order valence-corrected chi connectivity index (χ1v) is 6.02. The van der Waals surface area contributed by atoms with Crippen LogP contribution in [-0.4, -0.2) is 17.7 Å². The molecule has 0 aliphatic rings. The van der Waals surface area contributed by atoms with Gasteiger partial charge in [-0.05, 0) is 38.5 Å². The van der Waals surface area contributed by atoms with E-state index >= 15 is 0 Å². The molecule has 104 valence electrons. The number of alkyl carbamates (subject to hydrolysis) is 1. The Balaban J connectivity index is 2.85. The fraction of sp³-hybridized carbons (Fsp3) is 0.385. The molecule has 0 saturated heterocycles. The molecule has 0 aromatic heterocycles. The first-order chi connectivity index (χ1) is 8.69. The van der Waals surface area contributed by atoms with Crippen LogP contribution in [0.4, 0.5) is 4.79 Å². The molecule has 0 saturated carbocycles. The van der Waals surface area contributed by atoms with Gasteiger partial charge in [0.25, 0.3) is 0 Å². The van der Waals surface area contributed by atoms with Gasteiger partial charge in [-0.3, -0.25) is 0 Å². The molecule has 0 spiro atoms. The van der Waals surface area contributed by atoms with Crippen molar-refractivity contribution >= 4 is 23.7 Å². The summed E-state index contributed by atoms with van der Waals surface area (Å²) >= 11 is 5.78. The first-order valence-electron chi connectivity index (χ1n) is 5.65. The lowest BCUT2D eigenvalue weighted by Gasteiger charge is -2.24. The van der Waals surface area contributed by atoms with Crippen LogP contribution in [-0.2, 0) is 9.53 Å². The Morgan fingerprint density at radius 3 is 2.47 bits per heavy atom. The minimum absolute atomic E-state index is 0.318. The number of ether oxygens (including phenoxy) is 1. The highest BCUT2D eigenvalue weighted by Gasteiger charge is 2.21. The number of aliphatic carboxylic acids is 1. The summed E-state index contributed by atoms with van der Waals surface area (Å²) in [7, 11) is 0. The van der Waals surface area contributed by atoms with Crippen molar-refractivity contribution in [2.75, 3.05) is 0 Å². The number of hydrogen-bond acceptors (Lipinski definition) is 4. The van der Waals surface area contributed by atoms with Crippen molar-refractivity contribution in [2.45, 2.75) is 32.4 Å². The van der Waals surface area contributed by atoms with Gasteiger partial charge in [-0.1, -0.05) is 23.7 Å². The lowest BCUT2D eigenvalue weighted by molar-refractivity contribution is -0.308. The van der Waals surface area contributed by atoms with Gasteiger partial charge in [-0.15, -0.1) is 0 Å². The van der Waals surface area contributed by atoms with Crippen molar-refractivity contribution in [1.29, 1.82) is 0 Å². The summed E-state index contributed by atoms with van der Waals surface area (Å²) in [6.07, 6.45) is -0.832. The van der Waals surface area contributed by atoms with Crippen LogP contribution < -0.4 is 10.4 Å². The molecule has 1 amide bonds. The molecule has 0 heterocycles. The number of rotatable bonds is 3. The third kappa shape index (κ3) is 5.18. The van der Waals surface area contributed by atoms with Crippen LogP contribution in [0.1, 0.15) is 32.4 Å². The Bertz CT molecular complexity index is 482. The molecule has 5 nitrogen and oxygen atoms in total. The fourth-order valence-corrected chi connectivity index (χ4v) is 1.59. The maximum absolute atomic E-state index is 11.6. The maximum atomic E-state index is 11.6. The third-order valence-corrected chi connectivity index (χ3v) is 2.31. The summed E-state index contributed by atoms with van der Waals surface area (Å²) in [5.41, 5.74) is -0.395. The molecule has 1 aromatic carbocycles. The Morgan fingerprint density at radius 2 is 2.00 bits per heavy atom. The predicted molar refractivity (Wildman–Crippen MR) is 68.6 cm³/mol. The van der Waals surface area contributed by atoms with Gasteiger partial charge in [-0.25, -0.2) is 4.79 Å². The average Bonchev–Trinajstić information content (AvgIpc) is 2.23. The summed E-state index contributed by atoms with van der Waals surface area (Å²) in [6, 6.07) is 4.85. The van der Waals surface area contributed by atoms with E-state index in [0.29, 0.717) is 10.6 Å². The molecule has 1 rings (SSSR count). The molecular formula is C13H15ClNO4-. The number of nitrogens with one attached hydrogen (secondary N) is 1. The topological polar surface area (TPSA) is 78.5 Å². The number of amides is 1. The lowest BCUT2D eigenvalue weighted by atomic mass is 10.1. The van der Waals surface area contributed by atoms with E-state index < -0.39 is 23.7 Å². The van der Waals surface area contributed by atoms with Crippen molar-refractivity contribution in [1.82, 2.24) is 5.32 Å². The van der Waals surface area contributed by atoms with Crippen molar-refractivity contribution in [3.05, 3.63) is 34.9 Å². The summed E-state index contributed by atoms with van der Waals surface area (Å²) < 4.78 is 5.00. The van der Waals surface area contributed by atoms with Gasteiger partial charge >= 0.3 is 6.09 Å². The Labute approximate surface area is 116 Å². The number of carboxylic acids is 1. The number of halogens is 1. The summed E-state index contributed by atoms with van der Waals surface area (Å²) in [6.45, 7) is 5.04. The monoisotopic (exact) mass is 284 g/mol. The minimum Gasteiger partial charge on any atom is -0.548 e. The van der Waals surface area contributed by atoms with Gasteiger partial charge in [-0.2, -0.15) is 0 Å². The highest BCUT2D eigenvalue weighted by Crippen LogP contribution is 2.18. The molecule has 19 heavy (non-hydrogen) atoms.